The van der Waals surface area contributed by atoms with Crippen LogP contribution in [0, 0.1) is 0 Å². The van der Waals surface area contributed by atoms with Crippen molar-refractivity contribution in [1.82, 2.24) is 4.31 Å². The molecule has 1 saturated heterocycles. The lowest BCUT2D eigenvalue weighted by molar-refractivity contribution is -0.139. The number of aliphatic hydroxyl groups is 2. The largest absolute Gasteiger partial charge is 0.394 e. The fourth-order valence-electron chi connectivity index (χ4n) is 1.37. The van der Waals surface area contributed by atoms with E-state index in [0.29, 0.717) is 4.31 Å². The number of carbonyl (C=O) groups excluding carboxylic acids is 1. The number of nitrogens with zero attached hydrogens (tertiary/aromatic N) is 1. The van der Waals surface area contributed by atoms with Crippen molar-refractivity contribution in [2.24, 2.45) is 0 Å². The van der Waals surface area contributed by atoms with Gasteiger partial charge in [-0.15, -0.1) is 0 Å². The van der Waals surface area contributed by atoms with E-state index >= 15 is 0 Å². The molecule has 0 radical (unpaired) electrons. The average Bonchev–Trinajstić information content (AvgIpc) is 2.17. The highest BCUT2D eigenvalue weighted by Crippen LogP contribution is 2.40. The van der Waals surface area contributed by atoms with Crippen LogP contribution < -0.4 is 0 Å². The summed E-state index contributed by atoms with van der Waals surface area (Å²) in [5, 5.41) is 18.0. The Hall–Kier alpha value is -0.660. The first kappa shape index (κ1) is 12.4. The van der Waals surface area contributed by atoms with Crippen LogP contribution in [0.2, 0.25) is 0 Å². The first-order valence-electron chi connectivity index (χ1n) is 4.46. The summed E-state index contributed by atoms with van der Waals surface area (Å²) < 4.78 is 22.6. The third-order valence-corrected chi connectivity index (χ3v) is 5.31. The topological polar surface area (TPSA) is 94.9 Å². The van der Waals surface area contributed by atoms with Crippen molar-refractivity contribution in [1.29, 1.82) is 0 Å². The highest BCUT2D eigenvalue weighted by molar-refractivity contribution is 7.94. The van der Waals surface area contributed by atoms with Gasteiger partial charge >= 0.3 is 0 Å². The van der Waals surface area contributed by atoms with Crippen molar-refractivity contribution in [3.63, 3.8) is 0 Å². The van der Waals surface area contributed by atoms with Crippen LogP contribution in [-0.2, 0) is 14.8 Å². The van der Waals surface area contributed by atoms with E-state index in [1.165, 1.54) is 20.8 Å². The lowest BCUT2D eigenvalue weighted by Crippen LogP contribution is -2.75. The van der Waals surface area contributed by atoms with Crippen LogP contribution in [0.3, 0.4) is 0 Å². The van der Waals surface area contributed by atoms with E-state index in [0.717, 1.165) is 0 Å². The number of hydrogen-bond donors (Lipinski definition) is 2. The Morgan fingerprint density at radius 3 is 2.00 bits per heavy atom. The lowest BCUT2D eigenvalue weighted by atomic mass is 10.0. The fraction of sp³-hybridized carbons (Fsp3) is 0.875. The molecule has 0 aromatic heterocycles. The number of rotatable bonds is 3. The second-order valence-electron chi connectivity index (χ2n) is 4.40. The van der Waals surface area contributed by atoms with Crippen molar-refractivity contribution >= 4 is 15.9 Å². The summed E-state index contributed by atoms with van der Waals surface area (Å²) in [6.07, 6.45) is 0. The lowest BCUT2D eigenvalue weighted by Gasteiger charge is -2.50. The van der Waals surface area contributed by atoms with Gasteiger partial charge in [-0.2, -0.15) is 0 Å². The van der Waals surface area contributed by atoms with Crippen molar-refractivity contribution < 1.29 is 23.4 Å². The normalized spacial score (nSPS) is 23.8. The van der Waals surface area contributed by atoms with Gasteiger partial charge < -0.3 is 10.2 Å². The molecule has 2 N–H and O–H groups in total. The minimum absolute atomic E-state index is 0.569. The van der Waals surface area contributed by atoms with Gasteiger partial charge in [0, 0.05) is 0 Å². The van der Waals surface area contributed by atoms with Gasteiger partial charge in [-0.25, -0.2) is 12.7 Å². The smallest absolute Gasteiger partial charge is 0.259 e. The summed E-state index contributed by atoms with van der Waals surface area (Å²) in [5.41, 5.74) is -1.45. The zero-order valence-corrected chi connectivity index (χ0v) is 9.71. The number of carbonyl (C=O) groups is 1. The predicted octanol–water partition coefficient (Wildman–Crippen LogP) is -1.32. The maximum Gasteiger partial charge on any atom is 0.259 e. The Morgan fingerprint density at radius 2 is 1.73 bits per heavy atom. The van der Waals surface area contributed by atoms with E-state index in [9.17, 15) is 13.2 Å². The van der Waals surface area contributed by atoms with Crippen LogP contribution in [0.25, 0.3) is 0 Å². The number of sulfonamides is 1. The second-order valence-corrected chi connectivity index (χ2v) is 6.73. The minimum Gasteiger partial charge on any atom is -0.394 e. The molecule has 1 amide bonds. The van der Waals surface area contributed by atoms with Crippen LogP contribution >= 0.6 is 0 Å². The first-order chi connectivity index (χ1) is 6.65. The molecule has 88 valence electrons. The standard InChI is InChI=1S/C8H15NO5S/c1-7(2)6(12)9(15(7,13)14)8(3,4-10)5-11/h10-11H,4-5H2,1-3H3. The molecule has 1 aliphatic heterocycles. The zero-order chi connectivity index (χ0) is 12.1. The van der Waals surface area contributed by atoms with E-state index in [1.807, 2.05) is 0 Å². The Balaban J connectivity index is 3.18. The van der Waals surface area contributed by atoms with E-state index in [2.05, 4.69) is 0 Å². The highest BCUT2D eigenvalue weighted by Gasteiger charge is 2.65. The SMILES string of the molecule is CC(CO)(CO)N1C(=O)C(C)(C)S1(=O)=O. The van der Waals surface area contributed by atoms with Gasteiger partial charge in [0.2, 0.25) is 0 Å². The van der Waals surface area contributed by atoms with Gasteiger partial charge in [0.25, 0.3) is 15.9 Å². The van der Waals surface area contributed by atoms with Crippen LogP contribution in [0.4, 0.5) is 0 Å². The fourth-order valence-corrected chi connectivity index (χ4v) is 3.15. The first-order valence-corrected chi connectivity index (χ1v) is 5.90. The molecular weight excluding hydrogens is 222 g/mol. The van der Waals surface area contributed by atoms with Crippen LogP contribution in [0.5, 0.6) is 0 Å². The van der Waals surface area contributed by atoms with Crippen molar-refractivity contribution in [2.75, 3.05) is 13.2 Å². The molecule has 0 spiro atoms. The van der Waals surface area contributed by atoms with E-state index in [4.69, 9.17) is 10.2 Å². The second kappa shape index (κ2) is 3.16. The molecule has 0 saturated carbocycles. The average molecular weight is 237 g/mol. The minimum atomic E-state index is -3.77. The van der Waals surface area contributed by atoms with Crippen molar-refractivity contribution in [2.45, 2.75) is 31.1 Å². The molecule has 0 unspecified atom stereocenters. The maximum atomic E-state index is 11.7. The van der Waals surface area contributed by atoms with Crippen LogP contribution in [0.1, 0.15) is 20.8 Å². The molecule has 15 heavy (non-hydrogen) atoms. The van der Waals surface area contributed by atoms with Gasteiger partial charge in [-0.3, -0.25) is 4.79 Å². The van der Waals surface area contributed by atoms with Gasteiger partial charge in [-0.05, 0) is 20.8 Å². The molecule has 1 aliphatic rings. The summed E-state index contributed by atoms with van der Waals surface area (Å²) in [6, 6.07) is 0. The zero-order valence-electron chi connectivity index (χ0n) is 8.89. The monoisotopic (exact) mass is 237 g/mol. The quantitative estimate of drug-likeness (QED) is 0.635. The summed E-state index contributed by atoms with van der Waals surface area (Å²) in [7, 11) is -3.77. The maximum absolute atomic E-state index is 11.7. The van der Waals surface area contributed by atoms with E-state index in [1.54, 1.807) is 0 Å². The molecule has 1 rings (SSSR count). The Kier molecular flexibility index (Phi) is 2.62. The van der Waals surface area contributed by atoms with E-state index in [-0.39, 0.29) is 0 Å². The molecule has 0 atom stereocenters. The summed E-state index contributed by atoms with van der Waals surface area (Å²) >= 11 is 0. The molecule has 0 aliphatic carbocycles. The number of aliphatic hydroxyl groups excluding tert-OH is 2. The summed E-state index contributed by atoms with van der Waals surface area (Å²) in [5.74, 6) is -0.604. The Bertz CT molecular complexity index is 382. The van der Waals surface area contributed by atoms with Gasteiger partial charge in [0.1, 0.15) is 5.54 Å². The molecular formula is C8H15NO5S. The molecule has 6 nitrogen and oxygen atoms in total. The molecule has 7 heteroatoms. The van der Waals surface area contributed by atoms with Crippen LogP contribution in [-0.4, -0.2) is 52.3 Å². The van der Waals surface area contributed by atoms with Gasteiger partial charge in [0.05, 0.1) is 13.2 Å². The number of amides is 1. The number of hydrogen-bond acceptors (Lipinski definition) is 5. The van der Waals surface area contributed by atoms with Gasteiger partial charge in [0.15, 0.2) is 4.75 Å². The Labute approximate surface area is 88.6 Å². The Morgan fingerprint density at radius 1 is 1.33 bits per heavy atom. The third-order valence-electron chi connectivity index (χ3n) is 2.76. The van der Waals surface area contributed by atoms with Crippen LogP contribution in [0.15, 0.2) is 0 Å². The molecule has 0 aromatic carbocycles. The molecule has 0 bridgehead atoms. The molecule has 0 aromatic rings. The van der Waals surface area contributed by atoms with Crippen molar-refractivity contribution in [3.8, 4) is 0 Å². The van der Waals surface area contributed by atoms with Gasteiger partial charge in [-0.1, -0.05) is 0 Å². The third kappa shape index (κ3) is 1.30. The molecule has 1 fully saturated rings. The predicted molar refractivity (Wildman–Crippen MR) is 52.4 cm³/mol. The van der Waals surface area contributed by atoms with Crippen molar-refractivity contribution in [3.05, 3.63) is 0 Å². The van der Waals surface area contributed by atoms with E-state index < -0.39 is 39.4 Å². The molecule has 1 heterocycles. The highest BCUT2D eigenvalue weighted by atomic mass is 32.2. The summed E-state index contributed by atoms with van der Waals surface area (Å²) in [4.78, 5) is 11.6. The summed E-state index contributed by atoms with van der Waals surface area (Å²) in [6.45, 7) is 2.71.